The van der Waals surface area contributed by atoms with E-state index >= 15 is 0 Å². The number of carbonyl (C=O) groups excluding carboxylic acids is 1. The average molecular weight is 245 g/mol. The van der Waals surface area contributed by atoms with E-state index in [0.717, 1.165) is 34.6 Å². The molecule has 15 heavy (non-hydrogen) atoms. The number of hydrogen-bond donors (Lipinski definition) is 0. The highest BCUT2D eigenvalue weighted by Crippen LogP contribution is 2.23. The normalized spacial score (nSPS) is 10.4. The summed E-state index contributed by atoms with van der Waals surface area (Å²) < 4.78 is 0. The smallest absolute Gasteiger partial charge is 0.226 e. The predicted molar refractivity (Wildman–Crippen MR) is 64.8 cm³/mol. The molecule has 0 aliphatic rings. The second-order valence-corrected chi connectivity index (χ2v) is 4.30. The van der Waals surface area contributed by atoms with Crippen LogP contribution in [-0.4, -0.2) is 5.24 Å². The number of hydrogen-bond acceptors (Lipinski definition) is 1. The van der Waals surface area contributed by atoms with E-state index in [1.54, 1.807) is 0 Å². The molecule has 0 radical (unpaired) electrons. The van der Waals surface area contributed by atoms with Gasteiger partial charge in [0.1, 0.15) is 0 Å². The van der Waals surface area contributed by atoms with Gasteiger partial charge >= 0.3 is 0 Å². The van der Waals surface area contributed by atoms with Crippen molar-refractivity contribution < 1.29 is 4.79 Å². The van der Waals surface area contributed by atoms with Crippen LogP contribution in [-0.2, 0) is 24.1 Å². The molecule has 0 heterocycles. The fourth-order valence-corrected chi connectivity index (χ4v) is 2.15. The fraction of sp³-hybridized carbons (Fsp3) is 0.417. The molecule has 1 nitrogen and oxygen atoms in total. The molecule has 0 bridgehead atoms. The van der Waals surface area contributed by atoms with Gasteiger partial charge in [0.15, 0.2) is 0 Å². The zero-order valence-electron chi connectivity index (χ0n) is 8.94. The lowest BCUT2D eigenvalue weighted by Gasteiger charge is -2.12. The predicted octanol–water partition coefficient (Wildman–Crippen LogP) is 3.77. The zero-order chi connectivity index (χ0) is 11.4. The molecule has 0 saturated heterocycles. The first-order valence-electron chi connectivity index (χ1n) is 5.07. The summed E-state index contributed by atoms with van der Waals surface area (Å²) in [4.78, 5) is 11.0. The summed E-state index contributed by atoms with van der Waals surface area (Å²) in [7, 11) is 0. The van der Waals surface area contributed by atoms with Crippen molar-refractivity contribution in [3.8, 4) is 0 Å². The van der Waals surface area contributed by atoms with Gasteiger partial charge in [0.2, 0.25) is 5.24 Å². The topological polar surface area (TPSA) is 17.1 Å². The molecule has 3 heteroatoms. The molecule has 1 aromatic carbocycles. The van der Waals surface area contributed by atoms with Crippen molar-refractivity contribution in [3.63, 3.8) is 0 Å². The van der Waals surface area contributed by atoms with Crippen molar-refractivity contribution >= 4 is 28.4 Å². The van der Waals surface area contributed by atoms with E-state index in [0.29, 0.717) is 6.42 Å². The van der Waals surface area contributed by atoms with Crippen LogP contribution in [0.25, 0.3) is 0 Å². The molecule has 0 atom stereocenters. The first kappa shape index (κ1) is 12.5. The highest BCUT2D eigenvalue weighted by Gasteiger charge is 2.10. The largest absolute Gasteiger partial charge is 0.281 e. The van der Waals surface area contributed by atoms with Crippen molar-refractivity contribution in [2.24, 2.45) is 0 Å². The van der Waals surface area contributed by atoms with Crippen molar-refractivity contribution in [1.29, 1.82) is 0 Å². The van der Waals surface area contributed by atoms with Crippen LogP contribution < -0.4 is 0 Å². The van der Waals surface area contributed by atoms with Gasteiger partial charge in [-0.1, -0.05) is 25.4 Å². The van der Waals surface area contributed by atoms with Crippen LogP contribution in [0.3, 0.4) is 0 Å². The van der Waals surface area contributed by atoms with Gasteiger partial charge < -0.3 is 0 Å². The number of benzene rings is 1. The maximum atomic E-state index is 11.0. The van der Waals surface area contributed by atoms with Crippen molar-refractivity contribution in [2.75, 3.05) is 0 Å². The highest BCUT2D eigenvalue weighted by molar-refractivity contribution is 6.63. The quantitative estimate of drug-likeness (QED) is 0.738. The molecule has 0 N–H and O–H groups in total. The summed E-state index contributed by atoms with van der Waals surface area (Å²) >= 11 is 11.4. The lowest BCUT2D eigenvalue weighted by molar-refractivity contribution is -0.111. The monoisotopic (exact) mass is 244 g/mol. The Hall–Kier alpha value is -0.530. The van der Waals surface area contributed by atoms with E-state index in [1.807, 2.05) is 26.0 Å². The first-order valence-corrected chi connectivity index (χ1v) is 5.82. The van der Waals surface area contributed by atoms with Crippen LogP contribution in [0.4, 0.5) is 0 Å². The summed E-state index contributed by atoms with van der Waals surface area (Å²) in [5.41, 5.74) is 3.28. The minimum absolute atomic E-state index is 0.297. The second-order valence-electron chi connectivity index (χ2n) is 3.44. The van der Waals surface area contributed by atoms with E-state index in [2.05, 4.69) is 0 Å². The van der Waals surface area contributed by atoms with Gasteiger partial charge in [-0.15, -0.1) is 0 Å². The van der Waals surface area contributed by atoms with Gasteiger partial charge in [0.05, 0.1) is 0 Å². The van der Waals surface area contributed by atoms with E-state index in [1.165, 1.54) is 0 Å². The van der Waals surface area contributed by atoms with Crippen molar-refractivity contribution in [2.45, 2.75) is 33.1 Å². The molecular formula is C12H14Cl2O. The van der Waals surface area contributed by atoms with Crippen molar-refractivity contribution in [1.82, 2.24) is 0 Å². The molecule has 0 aliphatic heterocycles. The Balaban J connectivity index is 3.23. The molecule has 0 unspecified atom stereocenters. The molecule has 1 aromatic rings. The van der Waals surface area contributed by atoms with Crippen LogP contribution in [0.15, 0.2) is 12.1 Å². The third kappa shape index (κ3) is 3.22. The Kier molecular flexibility index (Phi) is 4.62. The SMILES string of the molecule is CCc1cc(Cl)cc(CC)c1CC(=O)Cl. The number of rotatable bonds is 4. The molecule has 0 fully saturated rings. The lowest BCUT2D eigenvalue weighted by Crippen LogP contribution is -2.03. The summed E-state index contributed by atoms with van der Waals surface area (Å²) in [6, 6.07) is 3.83. The van der Waals surface area contributed by atoms with Gasteiger partial charge in [0, 0.05) is 11.4 Å². The summed E-state index contributed by atoms with van der Waals surface area (Å²) in [6.45, 7) is 4.10. The fourth-order valence-electron chi connectivity index (χ4n) is 1.75. The summed E-state index contributed by atoms with van der Waals surface area (Å²) in [5.74, 6) is 0. The average Bonchev–Trinajstić information content (AvgIpc) is 2.19. The Morgan fingerprint density at radius 2 is 1.67 bits per heavy atom. The summed E-state index contributed by atoms with van der Waals surface area (Å²) in [5, 5.41) is 0.413. The Bertz CT molecular complexity index is 347. The Morgan fingerprint density at radius 3 is 2.00 bits per heavy atom. The van der Waals surface area contributed by atoms with E-state index in [9.17, 15) is 4.79 Å². The van der Waals surface area contributed by atoms with Crippen LogP contribution in [0.5, 0.6) is 0 Å². The van der Waals surface area contributed by atoms with Crippen molar-refractivity contribution in [3.05, 3.63) is 33.8 Å². The molecular weight excluding hydrogens is 231 g/mol. The van der Waals surface area contributed by atoms with E-state index < -0.39 is 0 Å². The van der Waals surface area contributed by atoms with Crippen LogP contribution in [0, 0.1) is 0 Å². The molecule has 82 valence electrons. The lowest BCUT2D eigenvalue weighted by atomic mass is 9.95. The van der Waals surface area contributed by atoms with Gasteiger partial charge in [-0.25, -0.2) is 0 Å². The molecule has 0 amide bonds. The van der Waals surface area contributed by atoms with Gasteiger partial charge in [-0.3, -0.25) is 4.79 Å². The summed E-state index contributed by atoms with van der Waals surface area (Å²) in [6.07, 6.45) is 2.03. The van der Waals surface area contributed by atoms with Gasteiger partial charge in [-0.05, 0) is 53.3 Å². The van der Waals surface area contributed by atoms with E-state index in [4.69, 9.17) is 23.2 Å². The first-order chi connectivity index (χ1) is 7.08. The van der Waals surface area contributed by atoms with Crippen LogP contribution >= 0.6 is 23.2 Å². The number of carbonyl (C=O) groups is 1. The van der Waals surface area contributed by atoms with Gasteiger partial charge in [-0.2, -0.15) is 0 Å². The Morgan fingerprint density at radius 1 is 1.20 bits per heavy atom. The van der Waals surface area contributed by atoms with Crippen LogP contribution in [0.1, 0.15) is 30.5 Å². The second kappa shape index (κ2) is 5.53. The van der Waals surface area contributed by atoms with Gasteiger partial charge in [0.25, 0.3) is 0 Å². The number of halogens is 2. The molecule has 0 saturated carbocycles. The number of aryl methyl sites for hydroxylation is 2. The van der Waals surface area contributed by atoms with Crippen LogP contribution in [0.2, 0.25) is 5.02 Å². The maximum Gasteiger partial charge on any atom is 0.226 e. The molecule has 0 aromatic heterocycles. The maximum absolute atomic E-state index is 11.0. The minimum Gasteiger partial charge on any atom is -0.281 e. The van der Waals surface area contributed by atoms with E-state index in [-0.39, 0.29) is 5.24 Å². The minimum atomic E-state index is -0.318. The molecule has 1 rings (SSSR count). The standard InChI is InChI=1S/C12H14Cl2O/c1-3-8-5-10(13)6-9(4-2)11(8)7-12(14)15/h5-6H,3-4,7H2,1-2H3. The Labute approximate surface area is 100 Å². The third-order valence-corrected chi connectivity index (χ3v) is 2.83. The highest BCUT2D eigenvalue weighted by atomic mass is 35.5. The third-order valence-electron chi connectivity index (χ3n) is 2.48. The molecule has 0 spiro atoms. The zero-order valence-corrected chi connectivity index (χ0v) is 10.5. The molecule has 0 aliphatic carbocycles.